The van der Waals surface area contributed by atoms with E-state index in [1.54, 1.807) is 0 Å². The highest BCUT2D eigenvalue weighted by Gasteiger charge is 2.20. The van der Waals surface area contributed by atoms with Gasteiger partial charge in [0.25, 0.3) is 0 Å². The van der Waals surface area contributed by atoms with Crippen molar-refractivity contribution in [2.45, 2.75) is 6.04 Å². The zero-order chi connectivity index (χ0) is 9.10. The molecule has 1 unspecified atom stereocenters. The van der Waals surface area contributed by atoms with Crippen LogP contribution in [-0.4, -0.2) is 51.8 Å². The van der Waals surface area contributed by atoms with Crippen molar-refractivity contribution in [3.8, 4) is 0 Å². The van der Waals surface area contributed by atoms with Crippen molar-refractivity contribution in [2.75, 3.05) is 26.3 Å². The van der Waals surface area contributed by atoms with Gasteiger partial charge in [-0.3, -0.25) is 4.90 Å². The van der Waals surface area contributed by atoms with Gasteiger partial charge in [0.15, 0.2) is 5.82 Å². The first kappa shape index (κ1) is 8.58. The highest BCUT2D eigenvalue weighted by atomic mass is 16.5. The average Bonchev–Trinajstić information content (AvgIpc) is 2.71. The quantitative estimate of drug-likeness (QED) is 0.662. The molecule has 0 aliphatic carbocycles. The van der Waals surface area contributed by atoms with Crippen LogP contribution < -0.4 is 0 Å². The molecule has 13 heavy (non-hydrogen) atoms. The van der Waals surface area contributed by atoms with E-state index in [1.807, 2.05) is 0 Å². The minimum Gasteiger partial charge on any atom is -0.379 e. The number of nitrogens with one attached hydrogen (secondary N) is 1. The highest BCUT2D eigenvalue weighted by molar-refractivity contribution is 4.92. The summed E-state index contributed by atoms with van der Waals surface area (Å²) in [6.45, 7) is 7.28. The standard InChI is InChI=1S/C7H12N5O/c1-6(7-8-10-11-9-7)12-2-4-13-5-3-12/h6H,1-5H2,(H,8,9,10,11). The second-order valence-corrected chi connectivity index (χ2v) is 2.95. The topological polar surface area (TPSA) is 66.9 Å². The number of aromatic amines is 1. The molecule has 0 bridgehead atoms. The molecule has 1 aliphatic rings. The lowest BCUT2D eigenvalue weighted by atomic mass is 10.2. The Morgan fingerprint density at radius 1 is 1.46 bits per heavy atom. The summed E-state index contributed by atoms with van der Waals surface area (Å²) in [6, 6.07) is -0.00102. The summed E-state index contributed by atoms with van der Waals surface area (Å²) in [5.74, 6) is 0.710. The molecule has 1 fully saturated rings. The zero-order valence-corrected chi connectivity index (χ0v) is 7.31. The molecule has 1 aliphatic heterocycles. The van der Waals surface area contributed by atoms with E-state index in [1.165, 1.54) is 0 Å². The molecule has 1 radical (unpaired) electrons. The first-order valence-corrected chi connectivity index (χ1v) is 4.26. The monoisotopic (exact) mass is 182 g/mol. The summed E-state index contributed by atoms with van der Waals surface area (Å²) in [7, 11) is 0. The predicted molar refractivity (Wildman–Crippen MR) is 44.7 cm³/mol. The number of rotatable bonds is 2. The molecule has 2 heterocycles. The number of tetrazole rings is 1. The summed E-state index contributed by atoms with van der Waals surface area (Å²) in [6.07, 6.45) is 0. The molecule has 1 atom stereocenters. The van der Waals surface area contributed by atoms with E-state index in [4.69, 9.17) is 4.74 Å². The average molecular weight is 182 g/mol. The van der Waals surface area contributed by atoms with E-state index in [0.717, 1.165) is 26.3 Å². The smallest absolute Gasteiger partial charge is 0.165 e. The lowest BCUT2D eigenvalue weighted by Gasteiger charge is -2.30. The van der Waals surface area contributed by atoms with Crippen molar-refractivity contribution >= 4 is 0 Å². The van der Waals surface area contributed by atoms with Crippen LogP contribution in [0.25, 0.3) is 0 Å². The zero-order valence-electron chi connectivity index (χ0n) is 7.31. The Morgan fingerprint density at radius 2 is 2.23 bits per heavy atom. The first-order chi connectivity index (χ1) is 6.38. The van der Waals surface area contributed by atoms with Crippen LogP contribution in [-0.2, 0) is 4.74 Å². The summed E-state index contributed by atoms with van der Waals surface area (Å²) in [4.78, 5) is 2.19. The Bertz CT molecular complexity index is 243. The van der Waals surface area contributed by atoms with Crippen molar-refractivity contribution in [1.82, 2.24) is 25.5 Å². The van der Waals surface area contributed by atoms with Gasteiger partial charge in [-0.15, -0.1) is 5.10 Å². The number of nitrogens with zero attached hydrogens (tertiary/aromatic N) is 4. The second-order valence-electron chi connectivity index (χ2n) is 2.95. The van der Waals surface area contributed by atoms with Gasteiger partial charge in [0.2, 0.25) is 0 Å². The van der Waals surface area contributed by atoms with Crippen molar-refractivity contribution < 1.29 is 4.74 Å². The van der Waals surface area contributed by atoms with E-state index >= 15 is 0 Å². The molecule has 0 aromatic carbocycles. The Hall–Kier alpha value is -1.01. The van der Waals surface area contributed by atoms with Gasteiger partial charge >= 0.3 is 0 Å². The van der Waals surface area contributed by atoms with Crippen molar-refractivity contribution in [1.29, 1.82) is 0 Å². The van der Waals surface area contributed by atoms with E-state index in [-0.39, 0.29) is 6.04 Å². The number of aromatic nitrogens is 4. The van der Waals surface area contributed by atoms with Gasteiger partial charge in [0.05, 0.1) is 19.3 Å². The molecule has 1 saturated heterocycles. The van der Waals surface area contributed by atoms with Crippen LogP contribution in [0.5, 0.6) is 0 Å². The summed E-state index contributed by atoms with van der Waals surface area (Å²) < 4.78 is 5.24. The molecule has 1 aromatic rings. The van der Waals surface area contributed by atoms with Crippen LogP contribution in [0, 0.1) is 6.92 Å². The van der Waals surface area contributed by atoms with Crippen LogP contribution >= 0.6 is 0 Å². The third kappa shape index (κ3) is 1.84. The predicted octanol–water partition coefficient (Wildman–Crippen LogP) is -0.593. The number of hydrogen-bond donors (Lipinski definition) is 1. The fourth-order valence-corrected chi connectivity index (χ4v) is 1.37. The molecule has 0 spiro atoms. The van der Waals surface area contributed by atoms with Gasteiger partial charge in [-0.05, 0) is 17.4 Å². The first-order valence-electron chi connectivity index (χ1n) is 4.26. The highest BCUT2D eigenvalue weighted by Crippen LogP contribution is 2.15. The molecule has 2 rings (SSSR count). The largest absolute Gasteiger partial charge is 0.379 e. The third-order valence-electron chi connectivity index (χ3n) is 2.16. The van der Waals surface area contributed by atoms with Gasteiger partial charge < -0.3 is 4.74 Å². The SMILES string of the molecule is [CH2]C(c1nnn[nH]1)N1CCOCC1. The number of ether oxygens (including phenoxy) is 1. The van der Waals surface area contributed by atoms with Gasteiger partial charge in [-0.1, -0.05) is 0 Å². The molecule has 6 nitrogen and oxygen atoms in total. The van der Waals surface area contributed by atoms with E-state index in [9.17, 15) is 0 Å². The summed E-state index contributed by atoms with van der Waals surface area (Å²) in [5, 5.41) is 13.6. The fourth-order valence-electron chi connectivity index (χ4n) is 1.37. The molecular weight excluding hydrogens is 170 g/mol. The molecule has 1 N–H and O–H groups in total. The number of H-pyrrole nitrogens is 1. The van der Waals surface area contributed by atoms with Crippen molar-refractivity contribution in [2.24, 2.45) is 0 Å². The van der Waals surface area contributed by atoms with E-state index in [0.29, 0.717) is 5.82 Å². The van der Waals surface area contributed by atoms with E-state index < -0.39 is 0 Å². The fraction of sp³-hybridized carbons (Fsp3) is 0.714. The lowest BCUT2D eigenvalue weighted by molar-refractivity contribution is 0.0233. The van der Waals surface area contributed by atoms with Crippen molar-refractivity contribution in [3.63, 3.8) is 0 Å². The molecule has 0 amide bonds. The van der Waals surface area contributed by atoms with Crippen LogP contribution in [0.1, 0.15) is 11.9 Å². The van der Waals surface area contributed by atoms with Crippen LogP contribution in [0.4, 0.5) is 0 Å². The molecule has 0 saturated carbocycles. The Balaban J connectivity index is 1.99. The van der Waals surface area contributed by atoms with Crippen LogP contribution in [0.15, 0.2) is 0 Å². The van der Waals surface area contributed by atoms with Gasteiger partial charge in [0, 0.05) is 13.1 Å². The Morgan fingerprint density at radius 3 is 2.85 bits per heavy atom. The molecule has 1 aromatic heterocycles. The molecular formula is C7H12N5O. The van der Waals surface area contributed by atoms with Crippen LogP contribution in [0.3, 0.4) is 0 Å². The summed E-state index contributed by atoms with van der Waals surface area (Å²) in [5.41, 5.74) is 0. The van der Waals surface area contributed by atoms with E-state index in [2.05, 4.69) is 32.4 Å². The maximum absolute atomic E-state index is 5.24. The lowest BCUT2D eigenvalue weighted by Crippen LogP contribution is -2.38. The van der Waals surface area contributed by atoms with Gasteiger partial charge in [-0.25, -0.2) is 5.10 Å². The van der Waals surface area contributed by atoms with Crippen molar-refractivity contribution in [3.05, 3.63) is 12.7 Å². The van der Waals surface area contributed by atoms with Crippen LogP contribution in [0.2, 0.25) is 0 Å². The minimum absolute atomic E-state index is 0.00102. The molecule has 71 valence electrons. The number of hydrogen-bond acceptors (Lipinski definition) is 5. The van der Waals surface area contributed by atoms with Gasteiger partial charge in [-0.2, -0.15) is 0 Å². The number of morpholine rings is 1. The van der Waals surface area contributed by atoms with Gasteiger partial charge in [0.1, 0.15) is 0 Å². The maximum atomic E-state index is 5.24. The Labute approximate surface area is 76.3 Å². The Kier molecular flexibility index (Phi) is 2.51. The molecule has 6 heteroatoms. The third-order valence-corrected chi connectivity index (χ3v) is 2.16. The normalized spacial score (nSPS) is 21.6. The minimum atomic E-state index is -0.00102. The summed E-state index contributed by atoms with van der Waals surface area (Å²) >= 11 is 0. The second kappa shape index (κ2) is 3.80. The maximum Gasteiger partial charge on any atom is 0.165 e.